The summed E-state index contributed by atoms with van der Waals surface area (Å²) in [6.07, 6.45) is 5.38. The highest BCUT2D eigenvalue weighted by Gasteiger charge is 2.20. The first-order chi connectivity index (χ1) is 18.0. The number of nitrogens with one attached hydrogen (secondary N) is 3. The van der Waals surface area contributed by atoms with Crippen molar-refractivity contribution in [3.8, 4) is 0 Å². The van der Waals surface area contributed by atoms with Crippen LogP contribution >= 0.6 is 0 Å². The molecule has 3 aromatic rings. The van der Waals surface area contributed by atoms with Crippen LogP contribution in [0.2, 0.25) is 0 Å². The minimum absolute atomic E-state index is 0.0316. The van der Waals surface area contributed by atoms with Gasteiger partial charge in [-0.25, -0.2) is 4.98 Å². The van der Waals surface area contributed by atoms with Crippen molar-refractivity contribution in [1.82, 2.24) is 20.6 Å². The fraction of sp³-hybridized carbons (Fsp3) is 0.393. The number of benzene rings is 1. The first-order valence-electron chi connectivity index (χ1n) is 12.8. The third-order valence-electron chi connectivity index (χ3n) is 6.26. The fourth-order valence-corrected chi connectivity index (χ4v) is 4.37. The zero-order chi connectivity index (χ0) is 26.0. The van der Waals surface area contributed by atoms with Crippen LogP contribution in [0.15, 0.2) is 48.7 Å². The lowest BCUT2D eigenvalue weighted by atomic mass is 10.0. The van der Waals surface area contributed by atoms with E-state index in [0.29, 0.717) is 24.8 Å². The number of fused-ring (bicyclic) bond motifs is 2. The summed E-state index contributed by atoms with van der Waals surface area (Å²) in [6, 6.07) is 13.0. The minimum Gasteiger partial charge on any atom is -0.466 e. The van der Waals surface area contributed by atoms with Gasteiger partial charge >= 0.3 is 5.97 Å². The molecule has 0 bridgehead atoms. The molecular formula is C28H33N5O4. The first kappa shape index (κ1) is 26.1. The van der Waals surface area contributed by atoms with Crippen molar-refractivity contribution >= 4 is 34.5 Å². The number of hydrogen-bond acceptors (Lipinski definition) is 7. The molecule has 1 unspecified atom stereocenters. The number of hydrogen-bond donors (Lipinski definition) is 3. The molecule has 0 saturated heterocycles. The first-order valence-corrected chi connectivity index (χ1v) is 12.8. The summed E-state index contributed by atoms with van der Waals surface area (Å²) in [5.41, 5.74) is 3.70. The molecule has 3 heterocycles. The van der Waals surface area contributed by atoms with E-state index in [4.69, 9.17) is 4.74 Å². The van der Waals surface area contributed by atoms with E-state index >= 15 is 0 Å². The van der Waals surface area contributed by atoms with Crippen LogP contribution in [0.3, 0.4) is 0 Å². The number of esters is 1. The molecule has 0 radical (unpaired) electrons. The number of para-hydroxylation sites is 1. The van der Waals surface area contributed by atoms with Gasteiger partial charge < -0.3 is 20.7 Å². The lowest BCUT2D eigenvalue weighted by Gasteiger charge is -2.19. The monoisotopic (exact) mass is 503 g/mol. The molecule has 3 N–H and O–H groups in total. The molecule has 37 heavy (non-hydrogen) atoms. The van der Waals surface area contributed by atoms with Crippen molar-refractivity contribution < 1.29 is 19.1 Å². The van der Waals surface area contributed by atoms with Gasteiger partial charge in [0.1, 0.15) is 5.82 Å². The minimum atomic E-state index is -0.621. The predicted octanol–water partition coefficient (Wildman–Crippen LogP) is 3.24. The largest absolute Gasteiger partial charge is 0.466 e. The van der Waals surface area contributed by atoms with Gasteiger partial charge in [-0.3, -0.25) is 19.4 Å². The topological polar surface area (TPSA) is 122 Å². The quantitative estimate of drug-likeness (QED) is 0.343. The smallest absolute Gasteiger partial charge is 0.308 e. The Morgan fingerprint density at radius 2 is 2.00 bits per heavy atom. The van der Waals surface area contributed by atoms with E-state index in [9.17, 15) is 14.4 Å². The maximum absolute atomic E-state index is 12.7. The molecule has 1 aliphatic heterocycles. The van der Waals surface area contributed by atoms with Gasteiger partial charge in [-0.05, 0) is 61.9 Å². The van der Waals surface area contributed by atoms with Crippen molar-refractivity contribution in [2.45, 2.75) is 51.5 Å². The lowest BCUT2D eigenvalue weighted by molar-refractivity contribution is -0.144. The Morgan fingerprint density at radius 3 is 2.86 bits per heavy atom. The second kappa shape index (κ2) is 12.8. The molecule has 4 rings (SSSR count). The van der Waals surface area contributed by atoms with Crippen LogP contribution in [0.4, 0.5) is 5.82 Å². The van der Waals surface area contributed by atoms with E-state index in [1.54, 1.807) is 13.1 Å². The second-order valence-corrected chi connectivity index (χ2v) is 9.06. The van der Waals surface area contributed by atoms with E-state index in [-0.39, 0.29) is 25.5 Å². The van der Waals surface area contributed by atoms with Crippen molar-refractivity contribution in [3.05, 3.63) is 65.5 Å². The number of pyridine rings is 2. The van der Waals surface area contributed by atoms with Gasteiger partial charge in [0, 0.05) is 30.2 Å². The predicted molar refractivity (Wildman–Crippen MR) is 141 cm³/mol. The Balaban J connectivity index is 1.27. The van der Waals surface area contributed by atoms with Crippen LogP contribution in [0.25, 0.3) is 10.9 Å². The summed E-state index contributed by atoms with van der Waals surface area (Å²) in [7, 11) is 0. The Kier molecular flexibility index (Phi) is 9.02. The Morgan fingerprint density at radius 1 is 1.14 bits per heavy atom. The van der Waals surface area contributed by atoms with Crippen LogP contribution < -0.4 is 16.0 Å². The molecule has 194 valence electrons. The van der Waals surface area contributed by atoms with E-state index in [2.05, 4.69) is 32.0 Å². The Bertz CT molecular complexity index is 1260. The van der Waals surface area contributed by atoms with Gasteiger partial charge in [0.05, 0.1) is 31.1 Å². The second-order valence-electron chi connectivity index (χ2n) is 9.06. The Hall–Kier alpha value is -4.01. The van der Waals surface area contributed by atoms with Gasteiger partial charge in [-0.1, -0.05) is 24.3 Å². The van der Waals surface area contributed by atoms with Crippen LogP contribution in [0.5, 0.6) is 0 Å². The van der Waals surface area contributed by atoms with Crippen LogP contribution in [-0.2, 0) is 32.0 Å². The zero-order valence-electron chi connectivity index (χ0n) is 21.1. The molecule has 9 heteroatoms. The molecule has 1 aromatic carbocycles. The zero-order valence-corrected chi connectivity index (χ0v) is 21.1. The summed E-state index contributed by atoms with van der Waals surface area (Å²) in [5, 5.41) is 9.74. The van der Waals surface area contributed by atoms with Gasteiger partial charge in [0.25, 0.3) is 0 Å². The number of carbonyl (C=O) groups is 3. The number of nitrogens with zero attached hydrogens (tertiary/aromatic N) is 2. The average molecular weight is 504 g/mol. The van der Waals surface area contributed by atoms with Crippen LogP contribution in [0, 0.1) is 0 Å². The molecular weight excluding hydrogens is 470 g/mol. The molecule has 2 aromatic heterocycles. The maximum atomic E-state index is 12.7. The van der Waals surface area contributed by atoms with E-state index < -0.39 is 17.9 Å². The number of rotatable bonds is 11. The lowest BCUT2D eigenvalue weighted by Crippen LogP contribution is -2.39. The summed E-state index contributed by atoms with van der Waals surface area (Å²) >= 11 is 0. The molecule has 2 amide bonds. The molecule has 0 aliphatic carbocycles. The highest BCUT2D eigenvalue weighted by Crippen LogP contribution is 2.22. The fourth-order valence-electron chi connectivity index (χ4n) is 4.37. The maximum Gasteiger partial charge on any atom is 0.308 e. The van der Waals surface area contributed by atoms with Crippen molar-refractivity contribution in [2.24, 2.45) is 0 Å². The number of aromatic nitrogens is 2. The third kappa shape index (κ3) is 7.49. The van der Waals surface area contributed by atoms with Crippen molar-refractivity contribution in [1.29, 1.82) is 0 Å². The van der Waals surface area contributed by atoms with Crippen molar-refractivity contribution in [3.63, 3.8) is 0 Å². The van der Waals surface area contributed by atoms with Gasteiger partial charge in [0.15, 0.2) is 0 Å². The molecule has 1 atom stereocenters. The average Bonchev–Trinajstić information content (AvgIpc) is 2.91. The highest BCUT2D eigenvalue weighted by atomic mass is 16.5. The normalized spacial score (nSPS) is 13.2. The number of anilines is 1. The molecule has 0 saturated carbocycles. The molecule has 1 aliphatic rings. The standard InChI is InChI=1S/C28H33N5O4/c1-2-37-27(36)16-24(21-15-20-7-3-4-10-23(20)30-17-21)33-26(35)18-31-25(34)11-5-9-22-13-12-19-8-6-14-29-28(19)32-22/h3-4,7,10,12-13,15,17,24H,2,5-6,8-9,11,14,16,18H2,1H3,(H,29,32)(H,31,34)(H,33,35). The summed E-state index contributed by atoms with van der Waals surface area (Å²) in [6.45, 7) is 2.74. The number of aryl methyl sites for hydroxylation is 2. The van der Waals surface area contributed by atoms with Gasteiger partial charge in [-0.2, -0.15) is 0 Å². The number of amides is 2. The third-order valence-corrected chi connectivity index (χ3v) is 6.26. The SMILES string of the molecule is CCOC(=O)CC(NC(=O)CNC(=O)CCCc1ccc2c(n1)NCCC2)c1cnc2ccccc2c1. The molecule has 0 spiro atoms. The highest BCUT2D eigenvalue weighted by molar-refractivity contribution is 5.85. The van der Waals surface area contributed by atoms with E-state index in [1.165, 1.54) is 5.56 Å². The van der Waals surface area contributed by atoms with Crippen LogP contribution in [0.1, 0.15) is 55.5 Å². The molecule has 9 nitrogen and oxygen atoms in total. The number of carbonyl (C=O) groups excluding carboxylic acids is 3. The van der Waals surface area contributed by atoms with Crippen molar-refractivity contribution in [2.75, 3.05) is 25.0 Å². The Labute approximate surface area is 216 Å². The van der Waals surface area contributed by atoms with Gasteiger partial charge in [0.2, 0.25) is 11.8 Å². The van der Waals surface area contributed by atoms with Crippen LogP contribution in [-0.4, -0.2) is 47.4 Å². The van der Waals surface area contributed by atoms with E-state index in [1.807, 2.05) is 36.4 Å². The summed E-state index contributed by atoms with van der Waals surface area (Å²) in [5.74, 6) is -0.0707. The van der Waals surface area contributed by atoms with Gasteiger partial charge in [-0.15, -0.1) is 0 Å². The van der Waals surface area contributed by atoms with E-state index in [0.717, 1.165) is 41.8 Å². The molecule has 0 fully saturated rings. The number of ether oxygens (including phenoxy) is 1. The summed E-state index contributed by atoms with van der Waals surface area (Å²) < 4.78 is 5.08. The summed E-state index contributed by atoms with van der Waals surface area (Å²) in [4.78, 5) is 46.2.